The van der Waals surface area contributed by atoms with E-state index in [2.05, 4.69) is 4.98 Å². The first-order chi connectivity index (χ1) is 8.97. The fourth-order valence-corrected chi connectivity index (χ4v) is 2.42. The number of hydrogen-bond donors (Lipinski definition) is 2. The van der Waals surface area contributed by atoms with E-state index in [1.54, 1.807) is 19.9 Å². The number of aromatic hydroxyl groups is 1. The Balaban J connectivity index is 2.74. The van der Waals surface area contributed by atoms with Gasteiger partial charge in [0, 0.05) is 17.5 Å². The molecule has 0 fully saturated rings. The monoisotopic (exact) mass is 257 g/mol. The number of hydrogen-bond acceptors (Lipinski definition) is 4. The Labute approximate surface area is 107 Å². The first kappa shape index (κ1) is 11.5. The highest BCUT2D eigenvalue weighted by Crippen LogP contribution is 2.33. The molecule has 0 bridgehead atoms. The maximum atomic E-state index is 11.4. The zero-order chi connectivity index (χ0) is 13.7. The van der Waals surface area contributed by atoms with Crippen LogP contribution in [0.2, 0.25) is 0 Å². The number of pyridine rings is 1. The molecule has 96 valence electrons. The normalized spacial score (nSPS) is 11.3. The van der Waals surface area contributed by atoms with Crippen molar-refractivity contribution < 1.29 is 9.52 Å². The van der Waals surface area contributed by atoms with Crippen molar-refractivity contribution in [1.82, 2.24) is 4.98 Å². The largest absolute Gasteiger partial charge is 0.507 e. The Kier molecular flexibility index (Phi) is 2.25. The van der Waals surface area contributed by atoms with Crippen LogP contribution in [0.5, 0.6) is 5.75 Å². The first-order valence-electron chi connectivity index (χ1n) is 5.77. The third-order valence-electron chi connectivity index (χ3n) is 3.20. The van der Waals surface area contributed by atoms with Gasteiger partial charge in [0.2, 0.25) is 0 Å². The zero-order valence-corrected chi connectivity index (χ0v) is 10.4. The highest BCUT2D eigenvalue weighted by Gasteiger charge is 2.13. The Morgan fingerprint density at radius 3 is 2.53 bits per heavy atom. The molecule has 5 heteroatoms. The molecule has 0 aliphatic heterocycles. The van der Waals surface area contributed by atoms with E-state index < -0.39 is 5.63 Å². The fourth-order valence-electron chi connectivity index (χ4n) is 2.42. The average molecular weight is 257 g/mol. The van der Waals surface area contributed by atoms with E-state index in [0.717, 1.165) is 11.6 Å². The molecular weight excluding hydrogens is 246 g/mol. The lowest BCUT2D eigenvalue weighted by molar-refractivity contribution is 0.480. The molecule has 0 aliphatic carbocycles. The molecular formula is C14H11NO4. The number of aromatic nitrogens is 1. The van der Waals surface area contributed by atoms with Gasteiger partial charge in [-0.3, -0.25) is 4.79 Å². The molecule has 0 saturated heterocycles. The second-order valence-electron chi connectivity index (χ2n) is 4.58. The maximum absolute atomic E-state index is 11.4. The molecule has 0 radical (unpaired) electrons. The number of aromatic amines is 1. The van der Waals surface area contributed by atoms with Crippen LogP contribution in [0.1, 0.15) is 11.1 Å². The van der Waals surface area contributed by atoms with E-state index in [1.165, 1.54) is 6.07 Å². The van der Waals surface area contributed by atoms with E-state index in [-0.39, 0.29) is 11.3 Å². The Bertz CT molecular complexity index is 934. The molecule has 0 saturated carbocycles. The molecule has 5 nitrogen and oxygen atoms in total. The predicted octanol–water partition coefficient (Wildman–Crippen LogP) is 1.96. The van der Waals surface area contributed by atoms with Crippen molar-refractivity contribution in [2.24, 2.45) is 0 Å². The van der Waals surface area contributed by atoms with Crippen molar-refractivity contribution in [3.8, 4) is 5.75 Å². The summed E-state index contributed by atoms with van der Waals surface area (Å²) >= 11 is 0. The van der Waals surface area contributed by atoms with Crippen LogP contribution < -0.4 is 11.2 Å². The molecule has 19 heavy (non-hydrogen) atoms. The summed E-state index contributed by atoms with van der Waals surface area (Å²) < 4.78 is 5.16. The minimum absolute atomic E-state index is 0.121. The van der Waals surface area contributed by atoms with Gasteiger partial charge >= 0.3 is 5.63 Å². The van der Waals surface area contributed by atoms with Crippen LogP contribution in [0, 0.1) is 13.8 Å². The van der Waals surface area contributed by atoms with Crippen LogP contribution in [0.25, 0.3) is 21.9 Å². The molecule has 2 N–H and O–H groups in total. The predicted molar refractivity (Wildman–Crippen MR) is 71.7 cm³/mol. The van der Waals surface area contributed by atoms with Gasteiger partial charge in [0.15, 0.2) is 0 Å². The standard InChI is InChI=1S/C14H11NO4/c1-6-4-11(18)19-9-3-7(2)14-13(12(6)9)8(16)5-10(17)15-14/h3-5H,1-2H3,(H2,15,16,17). The van der Waals surface area contributed by atoms with Crippen molar-refractivity contribution in [3.05, 3.63) is 50.1 Å². The van der Waals surface area contributed by atoms with E-state index in [4.69, 9.17) is 4.42 Å². The van der Waals surface area contributed by atoms with Gasteiger partial charge in [-0.05, 0) is 31.0 Å². The minimum Gasteiger partial charge on any atom is -0.507 e. The molecule has 3 aromatic rings. The van der Waals surface area contributed by atoms with Gasteiger partial charge in [-0.2, -0.15) is 0 Å². The number of H-pyrrole nitrogens is 1. The van der Waals surface area contributed by atoms with Crippen molar-refractivity contribution in [3.63, 3.8) is 0 Å². The summed E-state index contributed by atoms with van der Waals surface area (Å²) in [6, 6.07) is 4.16. The zero-order valence-electron chi connectivity index (χ0n) is 10.4. The van der Waals surface area contributed by atoms with E-state index in [9.17, 15) is 14.7 Å². The third kappa shape index (κ3) is 1.62. The lowest BCUT2D eigenvalue weighted by Crippen LogP contribution is -2.05. The van der Waals surface area contributed by atoms with E-state index in [0.29, 0.717) is 27.4 Å². The van der Waals surface area contributed by atoms with Gasteiger partial charge in [0.1, 0.15) is 11.3 Å². The minimum atomic E-state index is -0.437. The van der Waals surface area contributed by atoms with E-state index in [1.807, 2.05) is 0 Å². The summed E-state index contributed by atoms with van der Waals surface area (Å²) in [5.41, 5.74) is 1.56. The van der Waals surface area contributed by atoms with Gasteiger partial charge in [-0.1, -0.05) is 0 Å². The second kappa shape index (κ2) is 3.71. The smallest absolute Gasteiger partial charge is 0.336 e. The quantitative estimate of drug-likeness (QED) is 0.476. The van der Waals surface area contributed by atoms with Crippen LogP contribution in [-0.2, 0) is 0 Å². The first-order valence-corrected chi connectivity index (χ1v) is 5.77. The van der Waals surface area contributed by atoms with Gasteiger partial charge in [-0.25, -0.2) is 4.79 Å². The summed E-state index contributed by atoms with van der Waals surface area (Å²) in [6.45, 7) is 3.54. The molecule has 0 unspecified atom stereocenters. The molecule has 2 aromatic heterocycles. The number of nitrogens with one attached hydrogen (secondary N) is 1. The van der Waals surface area contributed by atoms with Gasteiger partial charge in [-0.15, -0.1) is 0 Å². The average Bonchev–Trinajstić information content (AvgIpc) is 2.29. The second-order valence-corrected chi connectivity index (χ2v) is 4.58. The molecule has 3 rings (SSSR count). The van der Waals surface area contributed by atoms with Gasteiger partial charge in [0.05, 0.1) is 10.9 Å². The van der Waals surface area contributed by atoms with E-state index >= 15 is 0 Å². The Hall–Kier alpha value is -2.56. The van der Waals surface area contributed by atoms with Crippen LogP contribution in [0.4, 0.5) is 0 Å². The number of aryl methyl sites for hydroxylation is 2. The Morgan fingerprint density at radius 1 is 1.05 bits per heavy atom. The lowest BCUT2D eigenvalue weighted by Gasteiger charge is -2.09. The summed E-state index contributed by atoms with van der Waals surface area (Å²) in [6.07, 6.45) is 0. The van der Waals surface area contributed by atoms with Crippen molar-refractivity contribution in [2.75, 3.05) is 0 Å². The van der Waals surface area contributed by atoms with Gasteiger partial charge in [0.25, 0.3) is 5.56 Å². The molecule has 0 spiro atoms. The molecule has 0 amide bonds. The third-order valence-corrected chi connectivity index (χ3v) is 3.20. The molecule has 0 aliphatic rings. The van der Waals surface area contributed by atoms with Crippen LogP contribution in [0.15, 0.2) is 32.2 Å². The number of benzene rings is 1. The lowest BCUT2D eigenvalue weighted by atomic mass is 10.0. The highest BCUT2D eigenvalue weighted by molar-refractivity contribution is 6.09. The SMILES string of the molecule is Cc1cc2oc(=O)cc(C)c2c2c(O)cc(=O)[nH]c12. The molecule has 2 heterocycles. The molecule has 0 atom stereocenters. The Morgan fingerprint density at radius 2 is 1.79 bits per heavy atom. The summed E-state index contributed by atoms with van der Waals surface area (Å²) in [4.78, 5) is 25.5. The van der Waals surface area contributed by atoms with Crippen LogP contribution >= 0.6 is 0 Å². The molecule has 1 aromatic carbocycles. The van der Waals surface area contributed by atoms with Crippen molar-refractivity contribution in [2.45, 2.75) is 13.8 Å². The highest BCUT2D eigenvalue weighted by atomic mass is 16.4. The summed E-state index contributed by atoms with van der Waals surface area (Å²) in [5, 5.41) is 11.2. The van der Waals surface area contributed by atoms with Crippen molar-refractivity contribution >= 4 is 21.9 Å². The number of fused-ring (bicyclic) bond motifs is 3. The number of rotatable bonds is 0. The summed E-state index contributed by atoms with van der Waals surface area (Å²) in [5.74, 6) is -0.121. The summed E-state index contributed by atoms with van der Waals surface area (Å²) in [7, 11) is 0. The topological polar surface area (TPSA) is 83.3 Å². The van der Waals surface area contributed by atoms with Gasteiger partial charge < -0.3 is 14.5 Å². The van der Waals surface area contributed by atoms with Crippen molar-refractivity contribution in [1.29, 1.82) is 0 Å². The fraction of sp³-hybridized carbons (Fsp3) is 0.143. The van der Waals surface area contributed by atoms with Crippen LogP contribution in [0.3, 0.4) is 0 Å². The maximum Gasteiger partial charge on any atom is 0.336 e. The van der Waals surface area contributed by atoms with Crippen LogP contribution in [-0.4, -0.2) is 10.1 Å².